The number of amides is 2. The van der Waals surface area contributed by atoms with E-state index in [1.807, 2.05) is 31.1 Å². The number of rotatable bonds is 4. The number of pyridine rings is 1. The molecule has 7 nitrogen and oxygen atoms in total. The highest BCUT2D eigenvalue weighted by atomic mass is 16.7. The van der Waals surface area contributed by atoms with E-state index in [1.54, 1.807) is 6.07 Å². The van der Waals surface area contributed by atoms with Crippen LogP contribution in [-0.2, 0) is 9.47 Å². The molecule has 138 valence electrons. The minimum absolute atomic E-state index is 0.0927. The van der Waals surface area contributed by atoms with Crippen LogP contribution in [-0.4, -0.2) is 50.2 Å². The maximum atomic E-state index is 12.1. The van der Waals surface area contributed by atoms with Gasteiger partial charge in [-0.2, -0.15) is 0 Å². The lowest BCUT2D eigenvalue weighted by Gasteiger charge is -2.26. The van der Waals surface area contributed by atoms with Gasteiger partial charge in [0.05, 0.1) is 6.61 Å². The molecule has 2 fully saturated rings. The largest absolute Gasteiger partial charge is 0.363 e. The van der Waals surface area contributed by atoms with Gasteiger partial charge in [-0.05, 0) is 25.0 Å². The maximum Gasteiger partial charge on any atom is 0.320 e. The molecule has 1 saturated heterocycles. The van der Waals surface area contributed by atoms with Crippen LogP contribution in [0.5, 0.6) is 0 Å². The van der Waals surface area contributed by atoms with Gasteiger partial charge >= 0.3 is 6.03 Å². The molecule has 1 saturated carbocycles. The molecule has 1 atom stereocenters. The molecule has 0 unspecified atom stereocenters. The second-order valence-electron chi connectivity index (χ2n) is 6.99. The Morgan fingerprint density at radius 2 is 2.04 bits per heavy atom. The third kappa shape index (κ3) is 4.83. The number of carbonyl (C=O) groups excluding carboxylic acids is 1. The number of nitrogens with zero attached hydrogens (tertiary/aromatic N) is 2. The maximum absolute atomic E-state index is 12.1. The first-order valence-electron chi connectivity index (χ1n) is 9.07. The number of hydrogen-bond acceptors (Lipinski definition) is 5. The van der Waals surface area contributed by atoms with Gasteiger partial charge in [0, 0.05) is 33.5 Å². The van der Waals surface area contributed by atoms with Crippen LogP contribution in [0.3, 0.4) is 0 Å². The first-order chi connectivity index (χ1) is 12.1. The van der Waals surface area contributed by atoms with Gasteiger partial charge in [-0.15, -0.1) is 0 Å². The number of nitrogens with one attached hydrogen (secondary N) is 2. The van der Waals surface area contributed by atoms with Crippen molar-refractivity contribution < 1.29 is 14.3 Å². The topological polar surface area (TPSA) is 75.7 Å². The van der Waals surface area contributed by atoms with Gasteiger partial charge in [-0.1, -0.05) is 18.9 Å². The molecule has 1 aromatic rings. The van der Waals surface area contributed by atoms with Crippen LogP contribution >= 0.6 is 0 Å². The zero-order chi connectivity index (χ0) is 17.7. The van der Waals surface area contributed by atoms with E-state index in [-0.39, 0.29) is 12.1 Å². The highest BCUT2D eigenvalue weighted by Gasteiger charge is 2.41. The number of carbonyl (C=O) groups is 1. The first kappa shape index (κ1) is 17.9. The van der Waals surface area contributed by atoms with E-state index in [1.165, 1.54) is 12.8 Å². The summed E-state index contributed by atoms with van der Waals surface area (Å²) in [6.45, 7) is 0.968. The zero-order valence-corrected chi connectivity index (χ0v) is 15.1. The molecule has 0 bridgehead atoms. The highest BCUT2D eigenvalue weighted by molar-refractivity contribution is 5.88. The summed E-state index contributed by atoms with van der Waals surface area (Å²) in [4.78, 5) is 18.4. The van der Waals surface area contributed by atoms with Gasteiger partial charge in [0.25, 0.3) is 0 Å². The van der Waals surface area contributed by atoms with Gasteiger partial charge in [0.1, 0.15) is 17.7 Å². The minimum atomic E-state index is -0.416. The fraction of sp³-hybridized carbons (Fsp3) is 0.667. The fourth-order valence-electron chi connectivity index (χ4n) is 3.36. The third-order valence-electron chi connectivity index (χ3n) is 4.70. The van der Waals surface area contributed by atoms with Crippen molar-refractivity contribution in [1.29, 1.82) is 0 Å². The molecule has 3 rings (SSSR count). The molecular weight excluding hydrogens is 320 g/mol. The molecular formula is C18H28N4O3. The summed E-state index contributed by atoms with van der Waals surface area (Å²) in [5, 5.41) is 5.61. The standard InChI is InChI=1S/C18H28N4O3/c1-22(2)16-9-7-8-15(20-16)21-17(23)19-12-14-13-24-18(25-14)10-5-3-4-6-11-18/h7-9,14H,3-6,10-13H2,1-2H3,(H2,19,20,21,23)/t14-/m1/s1. The molecule has 1 spiro atoms. The Morgan fingerprint density at radius 3 is 2.76 bits per heavy atom. The quantitative estimate of drug-likeness (QED) is 0.875. The smallest absolute Gasteiger partial charge is 0.320 e. The van der Waals surface area contributed by atoms with E-state index >= 15 is 0 Å². The van der Waals surface area contributed by atoms with Crippen molar-refractivity contribution in [2.45, 2.75) is 50.4 Å². The van der Waals surface area contributed by atoms with Gasteiger partial charge in [0.15, 0.2) is 5.79 Å². The summed E-state index contributed by atoms with van der Waals surface area (Å²) in [6.07, 6.45) is 6.61. The predicted molar refractivity (Wildman–Crippen MR) is 96.8 cm³/mol. The zero-order valence-electron chi connectivity index (χ0n) is 15.1. The van der Waals surface area contributed by atoms with E-state index < -0.39 is 5.79 Å². The molecule has 2 aliphatic rings. The van der Waals surface area contributed by atoms with Gasteiger partial charge in [-0.25, -0.2) is 9.78 Å². The predicted octanol–water partition coefficient (Wildman–Crippen LogP) is 2.74. The van der Waals surface area contributed by atoms with Crippen LogP contribution in [0.2, 0.25) is 0 Å². The summed E-state index contributed by atoms with van der Waals surface area (Å²) in [6, 6.07) is 5.23. The fourth-order valence-corrected chi connectivity index (χ4v) is 3.36. The Morgan fingerprint density at radius 1 is 1.28 bits per heavy atom. The number of ether oxygens (including phenoxy) is 2. The van der Waals surface area contributed by atoms with Crippen molar-refractivity contribution in [1.82, 2.24) is 10.3 Å². The summed E-state index contributed by atoms with van der Waals surface area (Å²) >= 11 is 0. The van der Waals surface area contributed by atoms with Gasteiger partial charge in [0.2, 0.25) is 0 Å². The molecule has 2 amide bonds. The number of anilines is 2. The molecule has 1 aliphatic carbocycles. The first-order valence-corrected chi connectivity index (χ1v) is 9.07. The summed E-state index contributed by atoms with van der Waals surface area (Å²) in [7, 11) is 3.82. The van der Waals surface area contributed by atoms with E-state index in [0.29, 0.717) is 19.0 Å². The molecule has 25 heavy (non-hydrogen) atoms. The van der Waals surface area contributed by atoms with Crippen molar-refractivity contribution in [2.75, 3.05) is 37.5 Å². The summed E-state index contributed by atoms with van der Waals surface area (Å²) in [5.41, 5.74) is 0. The molecule has 2 N–H and O–H groups in total. The molecule has 0 aromatic carbocycles. The average molecular weight is 348 g/mol. The SMILES string of the molecule is CN(C)c1cccc(NC(=O)NC[C@@H]2COC3(CCCCCC3)O2)n1. The molecule has 0 radical (unpaired) electrons. The van der Waals surface area contributed by atoms with Crippen LogP contribution in [0.1, 0.15) is 38.5 Å². The Bertz CT molecular complexity index is 585. The Hall–Kier alpha value is -1.86. The molecule has 1 aromatic heterocycles. The molecule has 2 heterocycles. The van der Waals surface area contributed by atoms with Crippen LogP contribution in [0, 0.1) is 0 Å². The minimum Gasteiger partial charge on any atom is -0.363 e. The lowest BCUT2D eigenvalue weighted by atomic mass is 10.1. The number of urea groups is 1. The Balaban J connectivity index is 1.46. The van der Waals surface area contributed by atoms with Gasteiger partial charge in [-0.3, -0.25) is 5.32 Å². The van der Waals surface area contributed by atoms with Crippen LogP contribution in [0.15, 0.2) is 18.2 Å². The van der Waals surface area contributed by atoms with E-state index in [9.17, 15) is 4.79 Å². The Kier molecular flexibility index (Phi) is 5.75. The Labute approximate surface area is 149 Å². The second kappa shape index (κ2) is 8.01. The van der Waals surface area contributed by atoms with E-state index in [4.69, 9.17) is 9.47 Å². The monoisotopic (exact) mass is 348 g/mol. The van der Waals surface area contributed by atoms with Crippen LogP contribution in [0.4, 0.5) is 16.4 Å². The number of hydrogen-bond donors (Lipinski definition) is 2. The average Bonchev–Trinajstić information content (AvgIpc) is 2.85. The molecule has 7 heteroatoms. The third-order valence-corrected chi connectivity index (χ3v) is 4.70. The van der Waals surface area contributed by atoms with Crippen LogP contribution in [0.25, 0.3) is 0 Å². The van der Waals surface area contributed by atoms with Crippen molar-refractivity contribution >= 4 is 17.7 Å². The summed E-state index contributed by atoms with van der Waals surface area (Å²) in [5.74, 6) is 0.897. The van der Waals surface area contributed by atoms with E-state index in [0.717, 1.165) is 31.5 Å². The highest BCUT2D eigenvalue weighted by Crippen LogP contribution is 2.36. The normalized spacial score (nSPS) is 22.4. The van der Waals surface area contributed by atoms with E-state index in [2.05, 4.69) is 15.6 Å². The van der Waals surface area contributed by atoms with Gasteiger partial charge < -0.3 is 19.7 Å². The molecule has 1 aliphatic heterocycles. The second-order valence-corrected chi connectivity index (χ2v) is 6.99. The van der Waals surface area contributed by atoms with Crippen molar-refractivity contribution in [3.05, 3.63) is 18.2 Å². The lowest BCUT2D eigenvalue weighted by Crippen LogP contribution is -2.38. The summed E-state index contributed by atoms with van der Waals surface area (Å²) < 4.78 is 12.1. The van der Waals surface area contributed by atoms with Crippen molar-refractivity contribution in [3.63, 3.8) is 0 Å². The van der Waals surface area contributed by atoms with Crippen LogP contribution < -0.4 is 15.5 Å². The van der Waals surface area contributed by atoms with Crippen molar-refractivity contribution in [2.24, 2.45) is 0 Å². The lowest BCUT2D eigenvalue weighted by molar-refractivity contribution is -0.175. The van der Waals surface area contributed by atoms with Crippen molar-refractivity contribution in [3.8, 4) is 0 Å². The number of aromatic nitrogens is 1.